The normalized spacial score (nSPS) is 7.67. The van der Waals surface area contributed by atoms with E-state index in [1.54, 1.807) is 12.4 Å². The number of carbonyl (C=O) groups excluding carboxylic acids is 1. The van der Waals surface area contributed by atoms with Crippen molar-refractivity contribution in [1.29, 1.82) is 0 Å². The number of nitrogens with zero attached hydrogens (tertiary/aromatic N) is 1. The highest BCUT2D eigenvalue weighted by Crippen LogP contribution is 1.75. The molecule has 1 N–H and O–H groups in total. The smallest absolute Gasteiger partial charge is 0.442 e. The second-order valence-electron chi connectivity index (χ2n) is 0.988. The molecule has 0 bridgehead atoms. The Morgan fingerprint density at radius 3 is 2.89 bits per heavy atom. The topological polar surface area (TPSA) is 77.0 Å². The number of nitrogens with one attached hydrogen (secondary N) is 1. The molecule has 0 spiro atoms. The highest BCUT2D eigenvalue weighted by atomic mass is 16.9. The van der Waals surface area contributed by atoms with Gasteiger partial charge in [0.1, 0.15) is 0 Å². The molecular weight excluding hydrogens is 128 g/mol. The largest absolute Gasteiger partial charge is 0.448 e. The number of hydrogen-bond donors (Lipinski definition) is 1. The standard InChI is InChI=1S/C3H6N2O4/c1-2-8-3(6)4-9-5-7/h2H2,1H3,(H,4,6). The van der Waals surface area contributed by atoms with Gasteiger partial charge in [0.05, 0.1) is 6.61 Å². The summed E-state index contributed by atoms with van der Waals surface area (Å²) in [4.78, 5) is 22.9. The molecule has 0 aliphatic carbocycles. The molecule has 0 aromatic heterocycles. The van der Waals surface area contributed by atoms with Gasteiger partial charge in [0, 0.05) is 0 Å². The van der Waals surface area contributed by atoms with Crippen molar-refractivity contribution in [3.05, 3.63) is 4.91 Å². The molecule has 0 fully saturated rings. The lowest BCUT2D eigenvalue weighted by molar-refractivity contribution is 0.0306. The third-order valence-electron chi connectivity index (χ3n) is 0.442. The van der Waals surface area contributed by atoms with Crippen molar-refractivity contribution in [1.82, 2.24) is 5.48 Å². The lowest BCUT2D eigenvalue weighted by atomic mass is 10.9. The fourth-order valence-electron chi connectivity index (χ4n) is 0.216. The molecule has 6 heteroatoms. The average molecular weight is 134 g/mol. The number of carbonyl (C=O) groups is 1. The van der Waals surface area contributed by atoms with Gasteiger partial charge in [-0.15, -0.1) is 10.4 Å². The molecule has 0 heterocycles. The quantitative estimate of drug-likeness (QED) is 0.446. The number of hydrogen-bond acceptors (Lipinski definition) is 5. The predicted molar refractivity (Wildman–Crippen MR) is 27.0 cm³/mol. The maximum atomic E-state index is 10.1. The van der Waals surface area contributed by atoms with Crippen molar-refractivity contribution in [3.63, 3.8) is 0 Å². The van der Waals surface area contributed by atoms with E-state index in [1.807, 2.05) is 5.34 Å². The first-order valence-electron chi connectivity index (χ1n) is 2.22. The van der Waals surface area contributed by atoms with Gasteiger partial charge in [-0.05, 0) is 6.92 Å². The lowest BCUT2D eigenvalue weighted by Crippen LogP contribution is -2.22. The van der Waals surface area contributed by atoms with Crippen LogP contribution in [0.5, 0.6) is 0 Å². The Hall–Kier alpha value is -1.33. The Morgan fingerprint density at radius 1 is 1.78 bits per heavy atom. The lowest BCUT2D eigenvalue weighted by Gasteiger charge is -1.97. The summed E-state index contributed by atoms with van der Waals surface area (Å²) < 4.78 is 4.27. The first-order valence-corrected chi connectivity index (χ1v) is 2.22. The maximum absolute atomic E-state index is 10.1. The fraction of sp³-hybridized carbons (Fsp3) is 0.667. The molecule has 0 radical (unpaired) electrons. The molecule has 0 aromatic rings. The van der Waals surface area contributed by atoms with Crippen LogP contribution in [-0.4, -0.2) is 12.7 Å². The van der Waals surface area contributed by atoms with Crippen LogP contribution >= 0.6 is 0 Å². The summed E-state index contributed by atoms with van der Waals surface area (Å²) >= 11 is 0. The van der Waals surface area contributed by atoms with Crippen molar-refractivity contribution >= 4 is 6.09 Å². The first kappa shape index (κ1) is 7.67. The number of hydroxylamine groups is 1. The van der Waals surface area contributed by atoms with Gasteiger partial charge in [0.15, 0.2) is 5.34 Å². The molecule has 52 valence electrons. The van der Waals surface area contributed by atoms with Crippen LogP contribution in [0, 0.1) is 4.91 Å². The maximum Gasteiger partial charge on any atom is 0.442 e. The van der Waals surface area contributed by atoms with Gasteiger partial charge in [0.2, 0.25) is 0 Å². The van der Waals surface area contributed by atoms with Crippen molar-refractivity contribution in [2.75, 3.05) is 6.61 Å². The summed E-state index contributed by atoms with van der Waals surface area (Å²) in [6.45, 7) is 1.84. The van der Waals surface area contributed by atoms with Crippen LogP contribution in [0.2, 0.25) is 0 Å². The highest BCUT2D eigenvalue weighted by molar-refractivity contribution is 5.65. The van der Waals surface area contributed by atoms with E-state index in [-0.39, 0.29) is 6.61 Å². The van der Waals surface area contributed by atoms with E-state index in [2.05, 4.69) is 9.68 Å². The monoisotopic (exact) mass is 134 g/mol. The van der Waals surface area contributed by atoms with Crippen LogP contribution in [-0.2, 0) is 9.68 Å². The van der Waals surface area contributed by atoms with Crippen LogP contribution in [0.3, 0.4) is 0 Å². The highest BCUT2D eigenvalue weighted by Gasteiger charge is 1.97. The molecule has 0 saturated heterocycles. The molecule has 6 nitrogen and oxygen atoms in total. The van der Waals surface area contributed by atoms with Crippen molar-refractivity contribution in [2.24, 2.45) is 5.34 Å². The summed E-state index contributed by atoms with van der Waals surface area (Å²) in [6, 6.07) is 0. The minimum absolute atomic E-state index is 0.216. The minimum atomic E-state index is -0.836. The summed E-state index contributed by atoms with van der Waals surface area (Å²) in [6.07, 6.45) is -0.836. The van der Waals surface area contributed by atoms with Crippen molar-refractivity contribution < 1.29 is 14.5 Å². The third kappa shape index (κ3) is 4.52. The molecule has 0 aliphatic rings. The van der Waals surface area contributed by atoms with Gasteiger partial charge in [-0.1, -0.05) is 0 Å². The molecule has 0 unspecified atom stereocenters. The Bertz CT molecular complexity index is 104. The molecule has 0 rings (SSSR count). The van der Waals surface area contributed by atoms with Gasteiger partial charge in [-0.3, -0.25) is 0 Å². The van der Waals surface area contributed by atoms with E-state index >= 15 is 0 Å². The summed E-state index contributed by atoms with van der Waals surface area (Å²) in [5, 5.41) is 1.90. The van der Waals surface area contributed by atoms with Crippen LogP contribution in [0.4, 0.5) is 4.79 Å². The van der Waals surface area contributed by atoms with Gasteiger partial charge in [-0.25, -0.2) is 9.73 Å². The zero-order valence-electron chi connectivity index (χ0n) is 4.79. The second-order valence-corrected chi connectivity index (χ2v) is 0.988. The SMILES string of the molecule is CCOC(=O)NON=O. The zero-order valence-corrected chi connectivity index (χ0v) is 4.79. The second kappa shape index (κ2) is 4.82. The van der Waals surface area contributed by atoms with E-state index in [4.69, 9.17) is 0 Å². The summed E-state index contributed by atoms with van der Waals surface area (Å²) in [7, 11) is 0. The van der Waals surface area contributed by atoms with Crippen molar-refractivity contribution in [3.8, 4) is 0 Å². The average Bonchev–Trinajstić information content (AvgIpc) is 1.85. The Labute approximate surface area is 51.0 Å². The van der Waals surface area contributed by atoms with Gasteiger partial charge >= 0.3 is 6.09 Å². The van der Waals surface area contributed by atoms with Crippen LogP contribution in [0.15, 0.2) is 5.34 Å². The van der Waals surface area contributed by atoms with Crippen LogP contribution in [0.25, 0.3) is 0 Å². The van der Waals surface area contributed by atoms with E-state index in [1.165, 1.54) is 0 Å². The predicted octanol–water partition coefficient (Wildman–Crippen LogP) is 0.345. The van der Waals surface area contributed by atoms with E-state index in [0.29, 0.717) is 0 Å². The van der Waals surface area contributed by atoms with E-state index in [0.717, 1.165) is 0 Å². The number of rotatable bonds is 3. The molecule has 9 heavy (non-hydrogen) atoms. The Morgan fingerprint density at radius 2 is 2.44 bits per heavy atom. The van der Waals surface area contributed by atoms with Gasteiger partial charge < -0.3 is 4.74 Å². The molecule has 0 atom stereocenters. The first-order chi connectivity index (χ1) is 4.31. The zero-order chi connectivity index (χ0) is 7.11. The van der Waals surface area contributed by atoms with Crippen LogP contribution in [0.1, 0.15) is 6.92 Å². The van der Waals surface area contributed by atoms with Crippen LogP contribution < -0.4 is 5.48 Å². The third-order valence-corrected chi connectivity index (χ3v) is 0.442. The van der Waals surface area contributed by atoms with Gasteiger partial charge in [0.25, 0.3) is 0 Å². The van der Waals surface area contributed by atoms with Gasteiger partial charge in [-0.2, -0.15) is 0 Å². The van der Waals surface area contributed by atoms with E-state index < -0.39 is 6.09 Å². The number of ether oxygens (including phenoxy) is 1. The number of amides is 1. The van der Waals surface area contributed by atoms with Crippen molar-refractivity contribution in [2.45, 2.75) is 6.92 Å². The minimum Gasteiger partial charge on any atom is -0.448 e. The summed E-state index contributed by atoms with van der Waals surface area (Å²) in [5.41, 5.74) is 1.59. The molecule has 1 amide bonds. The Kier molecular flexibility index (Phi) is 4.11. The Balaban J connectivity index is 3.16. The fourth-order valence-corrected chi connectivity index (χ4v) is 0.216. The molecular formula is C3H6N2O4. The summed E-state index contributed by atoms with van der Waals surface area (Å²) in [5.74, 6) is 0. The molecule has 0 saturated carbocycles. The molecule has 0 aliphatic heterocycles. The molecule has 0 aromatic carbocycles. The van der Waals surface area contributed by atoms with E-state index in [9.17, 15) is 9.70 Å².